The molecule has 0 aliphatic carbocycles. The standard InChI is InChI=1S/C5H8ClNO/c1-2-5(8,3-6)4-7/h8H,2-3H2,1H3. The molecule has 0 rings (SSSR count). The van der Waals surface area contributed by atoms with Gasteiger partial charge < -0.3 is 5.11 Å². The van der Waals surface area contributed by atoms with E-state index in [9.17, 15) is 0 Å². The molecule has 0 fully saturated rings. The maximum absolute atomic E-state index is 8.94. The average molecular weight is 134 g/mol. The molecular formula is C5H8ClNO. The number of alkyl halides is 1. The Labute approximate surface area is 53.7 Å². The minimum absolute atomic E-state index is 0.0139. The summed E-state index contributed by atoms with van der Waals surface area (Å²) in [7, 11) is 0. The molecule has 0 saturated carbocycles. The number of nitriles is 1. The van der Waals surface area contributed by atoms with Crippen LogP contribution < -0.4 is 0 Å². The SMILES string of the molecule is CCC(O)(C#N)CCl. The Kier molecular flexibility index (Phi) is 2.81. The highest BCUT2D eigenvalue weighted by Gasteiger charge is 2.21. The normalized spacial score (nSPS) is 16.8. The fourth-order valence-corrected chi connectivity index (χ4v) is 0.452. The molecule has 3 heteroatoms. The minimum Gasteiger partial charge on any atom is -0.374 e. The zero-order chi connectivity index (χ0) is 6.62. The third-order valence-electron chi connectivity index (χ3n) is 1.01. The molecule has 0 aliphatic heterocycles. The molecule has 0 aromatic heterocycles. The molecule has 8 heavy (non-hydrogen) atoms. The molecule has 0 amide bonds. The van der Waals surface area contributed by atoms with E-state index < -0.39 is 5.60 Å². The molecule has 46 valence electrons. The van der Waals surface area contributed by atoms with Gasteiger partial charge in [0.05, 0.1) is 11.9 Å². The van der Waals surface area contributed by atoms with Crippen LogP contribution in [-0.2, 0) is 0 Å². The summed E-state index contributed by atoms with van der Waals surface area (Å²) in [5.41, 5.74) is -1.30. The number of hydrogen-bond acceptors (Lipinski definition) is 2. The zero-order valence-corrected chi connectivity index (χ0v) is 5.44. The first kappa shape index (κ1) is 7.74. The second-order valence-corrected chi connectivity index (χ2v) is 1.90. The van der Waals surface area contributed by atoms with Crippen molar-refractivity contribution in [3.05, 3.63) is 0 Å². The number of rotatable bonds is 2. The number of aliphatic hydroxyl groups is 1. The Morgan fingerprint density at radius 2 is 2.38 bits per heavy atom. The summed E-state index contributed by atoms with van der Waals surface area (Å²) in [5.74, 6) is -0.0139. The van der Waals surface area contributed by atoms with Crippen molar-refractivity contribution >= 4 is 11.6 Å². The molecule has 1 atom stereocenters. The average Bonchev–Trinajstić information content (AvgIpc) is 1.87. The molecule has 0 aromatic rings. The van der Waals surface area contributed by atoms with Crippen molar-refractivity contribution in [2.75, 3.05) is 5.88 Å². The molecule has 0 saturated heterocycles. The van der Waals surface area contributed by atoms with Crippen molar-refractivity contribution < 1.29 is 5.11 Å². The first-order valence-electron chi connectivity index (χ1n) is 2.38. The first-order valence-corrected chi connectivity index (χ1v) is 2.91. The summed E-state index contributed by atoms with van der Waals surface area (Å²) in [6.07, 6.45) is 0.382. The molecule has 0 aromatic carbocycles. The van der Waals surface area contributed by atoms with Crippen LogP contribution in [0.3, 0.4) is 0 Å². The van der Waals surface area contributed by atoms with E-state index in [1.165, 1.54) is 0 Å². The van der Waals surface area contributed by atoms with Gasteiger partial charge in [-0.3, -0.25) is 0 Å². The monoisotopic (exact) mass is 133 g/mol. The lowest BCUT2D eigenvalue weighted by Gasteiger charge is -2.11. The smallest absolute Gasteiger partial charge is 0.164 e. The van der Waals surface area contributed by atoms with Crippen LogP contribution in [0.25, 0.3) is 0 Å². The van der Waals surface area contributed by atoms with E-state index >= 15 is 0 Å². The van der Waals surface area contributed by atoms with Crippen LogP contribution >= 0.6 is 11.6 Å². The van der Waals surface area contributed by atoms with Crippen LogP contribution in [0.15, 0.2) is 0 Å². The van der Waals surface area contributed by atoms with E-state index in [0.717, 1.165) is 0 Å². The third kappa shape index (κ3) is 1.69. The van der Waals surface area contributed by atoms with Crippen LogP contribution in [0, 0.1) is 11.3 Å². The maximum atomic E-state index is 8.94. The van der Waals surface area contributed by atoms with Crippen molar-refractivity contribution in [1.82, 2.24) is 0 Å². The van der Waals surface area contributed by atoms with Crippen molar-refractivity contribution in [2.45, 2.75) is 18.9 Å². The van der Waals surface area contributed by atoms with Crippen LogP contribution in [0.4, 0.5) is 0 Å². The Balaban J connectivity index is 3.83. The van der Waals surface area contributed by atoms with E-state index in [2.05, 4.69) is 0 Å². The largest absolute Gasteiger partial charge is 0.374 e. The van der Waals surface area contributed by atoms with Crippen LogP contribution in [-0.4, -0.2) is 16.6 Å². The fourth-order valence-electron chi connectivity index (χ4n) is 0.203. The maximum Gasteiger partial charge on any atom is 0.164 e. The molecule has 1 N–H and O–H groups in total. The van der Waals surface area contributed by atoms with E-state index in [1.54, 1.807) is 13.0 Å². The summed E-state index contributed by atoms with van der Waals surface area (Å²) < 4.78 is 0. The van der Waals surface area contributed by atoms with E-state index in [1.807, 2.05) is 0 Å². The van der Waals surface area contributed by atoms with E-state index in [-0.39, 0.29) is 5.88 Å². The summed E-state index contributed by atoms with van der Waals surface area (Å²) >= 11 is 5.24. The highest BCUT2D eigenvalue weighted by molar-refractivity contribution is 6.18. The number of halogens is 1. The van der Waals surface area contributed by atoms with Gasteiger partial charge in [-0.15, -0.1) is 11.6 Å². The van der Waals surface area contributed by atoms with Crippen LogP contribution in [0.2, 0.25) is 0 Å². The number of nitrogens with zero attached hydrogens (tertiary/aromatic N) is 1. The first-order chi connectivity index (χ1) is 3.68. The van der Waals surface area contributed by atoms with Gasteiger partial charge in [-0.2, -0.15) is 5.26 Å². The Bertz CT molecular complexity index is 103. The van der Waals surface area contributed by atoms with E-state index in [0.29, 0.717) is 6.42 Å². The zero-order valence-electron chi connectivity index (χ0n) is 4.69. The molecule has 0 spiro atoms. The molecule has 0 radical (unpaired) electrons. The van der Waals surface area contributed by atoms with Gasteiger partial charge in [-0.25, -0.2) is 0 Å². The van der Waals surface area contributed by atoms with Crippen molar-refractivity contribution in [3.63, 3.8) is 0 Å². The molecule has 0 aliphatic rings. The summed E-state index contributed by atoms with van der Waals surface area (Å²) in [6, 6.07) is 1.70. The molecule has 2 nitrogen and oxygen atoms in total. The fraction of sp³-hybridized carbons (Fsp3) is 0.800. The summed E-state index contributed by atoms with van der Waals surface area (Å²) in [4.78, 5) is 0. The highest BCUT2D eigenvalue weighted by Crippen LogP contribution is 2.08. The lowest BCUT2D eigenvalue weighted by atomic mass is 10.1. The highest BCUT2D eigenvalue weighted by atomic mass is 35.5. The predicted molar refractivity (Wildman–Crippen MR) is 31.6 cm³/mol. The lowest BCUT2D eigenvalue weighted by Crippen LogP contribution is -2.26. The van der Waals surface area contributed by atoms with Gasteiger partial charge in [0.15, 0.2) is 5.60 Å². The summed E-state index contributed by atoms with van der Waals surface area (Å²) in [6.45, 7) is 1.71. The Morgan fingerprint density at radius 3 is 2.38 bits per heavy atom. The second-order valence-electron chi connectivity index (χ2n) is 1.63. The second kappa shape index (κ2) is 2.91. The van der Waals surface area contributed by atoms with Crippen molar-refractivity contribution in [2.24, 2.45) is 0 Å². The third-order valence-corrected chi connectivity index (χ3v) is 1.46. The van der Waals surface area contributed by atoms with Gasteiger partial charge in [-0.1, -0.05) is 6.92 Å². The van der Waals surface area contributed by atoms with Gasteiger partial charge in [0.25, 0.3) is 0 Å². The van der Waals surface area contributed by atoms with Gasteiger partial charge in [0.1, 0.15) is 0 Å². The quantitative estimate of drug-likeness (QED) is 0.449. The van der Waals surface area contributed by atoms with Crippen LogP contribution in [0.5, 0.6) is 0 Å². The lowest BCUT2D eigenvalue weighted by molar-refractivity contribution is 0.119. The Hall–Kier alpha value is -0.260. The van der Waals surface area contributed by atoms with Gasteiger partial charge >= 0.3 is 0 Å². The van der Waals surface area contributed by atoms with Gasteiger partial charge in [0, 0.05) is 0 Å². The molecular weight excluding hydrogens is 126 g/mol. The predicted octanol–water partition coefficient (Wildman–Crippen LogP) is 0.890. The molecule has 0 bridgehead atoms. The summed E-state index contributed by atoms with van der Waals surface area (Å²) in [5, 5.41) is 17.1. The van der Waals surface area contributed by atoms with E-state index in [4.69, 9.17) is 22.0 Å². The topological polar surface area (TPSA) is 44.0 Å². The minimum atomic E-state index is -1.30. The van der Waals surface area contributed by atoms with Crippen molar-refractivity contribution in [1.29, 1.82) is 5.26 Å². The van der Waals surface area contributed by atoms with Gasteiger partial charge in [0.2, 0.25) is 0 Å². The van der Waals surface area contributed by atoms with Crippen molar-refractivity contribution in [3.8, 4) is 6.07 Å². The van der Waals surface area contributed by atoms with Gasteiger partial charge in [-0.05, 0) is 6.42 Å². The molecule has 0 heterocycles. The number of hydrogen-bond donors (Lipinski definition) is 1. The molecule has 1 unspecified atom stereocenters. The Morgan fingerprint density at radius 1 is 1.88 bits per heavy atom. The van der Waals surface area contributed by atoms with Crippen LogP contribution in [0.1, 0.15) is 13.3 Å².